The lowest BCUT2D eigenvalue weighted by atomic mass is 9.52. The summed E-state index contributed by atoms with van der Waals surface area (Å²) < 4.78 is 0. The van der Waals surface area contributed by atoms with Crippen LogP contribution in [0.4, 0.5) is 0 Å². The highest BCUT2D eigenvalue weighted by molar-refractivity contribution is 5.85. The molecule has 23 heavy (non-hydrogen) atoms. The normalized spacial score (nSPS) is 46.4. The Morgan fingerprint density at radius 2 is 2.04 bits per heavy atom. The van der Waals surface area contributed by atoms with Crippen LogP contribution in [0.1, 0.15) is 71.6 Å². The van der Waals surface area contributed by atoms with Gasteiger partial charge in [-0.25, -0.2) is 0 Å². The third-order valence-corrected chi connectivity index (χ3v) is 8.34. The van der Waals surface area contributed by atoms with Crippen LogP contribution in [0.15, 0.2) is 11.1 Å². The summed E-state index contributed by atoms with van der Waals surface area (Å²) in [6.45, 7) is 5.01. The van der Waals surface area contributed by atoms with Gasteiger partial charge in [-0.15, -0.1) is 0 Å². The van der Waals surface area contributed by atoms with E-state index in [2.05, 4.69) is 13.8 Å². The molecule has 0 radical (unpaired) electrons. The number of fused-ring (bicyclic) bond motifs is 4. The molecular formula is C21H32O2. The van der Waals surface area contributed by atoms with Gasteiger partial charge in [0.1, 0.15) is 5.78 Å². The van der Waals surface area contributed by atoms with Gasteiger partial charge in [0.2, 0.25) is 0 Å². The first-order valence-electron chi connectivity index (χ1n) is 9.92. The molecule has 128 valence electrons. The van der Waals surface area contributed by atoms with E-state index in [1.54, 1.807) is 5.57 Å². The summed E-state index contributed by atoms with van der Waals surface area (Å²) in [5.41, 5.74) is 3.66. The largest absolute Gasteiger partial charge is 0.396 e. The Morgan fingerprint density at radius 1 is 1.22 bits per heavy atom. The zero-order valence-corrected chi connectivity index (χ0v) is 14.8. The molecule has 4 aliphatic rings. The Balaban J connectivity index is 1.62. The maximum atomic E-state index is 12.2. The molecule has 2 heteroatoms. The maximum absolute atomic E-state index is 12.2. The summed E-state index contributed by atoms with van der Waals surface area (Å²) in [6, 6.07) is 0. The molecule has 1 unspecified atom stereocenters. The van der Waals surface area contributed by atoms with Gasteiger partial charge in [0.25, 0.3) is 0 Å². The van der Waals surface area contributed by atoms with Gasteiger partial charge in [0, 0.05) is 12.3 Å². The molecule has 2 nitrogen and oxygen atoms in total. The highest BCUT2D eigenvalue weighted by atomic mass is 16.3. The fourth-order valence-corrected chi connectivity index (χ4v) is 7.06. The van der Waals surface area contributed by atoms with Crippen LogP contribution in [-0.4, -0.2) is 17.5 Å². The van der Waals surface area contributed by atoms with E-state index in [1.807, 2.05) is 0 Å². The first-order valence-corrected chi connectivity index (χ1v) is 9.92. The molecule has 0 spiro atoms. The second kappa shape index (κ2) is 5.72. The molecule has 4 aliphatic carbocycles. The number of aliphatic hydroxyl groups excluding tert-OH is 1. The highest BCUT2D eigenvalue weighted by Gasteiger charge is 2.54. The predicted octanol–water partition coefficient (Wildman–Crippen LogP) is 4.52. The second-order valence-corrected chi connectivity index (χ2v) is 9.00. The average molecular weight is 316 g/mol. The molecule has 0 heterocycles. The topological polar surface area (TPSA) is 37.3 Å². The SMILES string of the molecule is CC[C@H]1CC[C@H]2[C@@H]3CCC4=C(CC(CO)C(=O)C4)[C@H]3CC[C@]12C. The van der Waals surface area contributed by atoms with Crippen molar-refractivity contribution in [1.82, 2.24) is 0 Å². The third-order valence-electron chi connectivity index (χ3n) is 8.34. The van der Waals surface area contributed by atoms with E-state index >= 15 is 0 Å². The van der Waals surface area contributed by atoms with Gasteiger partial charge >= 0.3 is 0 Å². The Hall–Kier alpha value is -0.630. The fourth-order valence-electron chi connectivity index (χ4n) is 7.06. The zero-order valence-electron chi connectivity index (χ0n) is 14.8. The molecule has 2 saturated carbocycles. The van der Waals surface area contributed by atoms with Gasteiger partial charge in [-0.05, 0) is 74.0 Å². The van der Waals surface area contributed by atoms with Crippen LogP contribution < -0.4 is 0 Å². The minimum Gasteiger partial charge on any atom is -0.396 e. The van der Waals surface area contributed by atoms with Crippen molar-refractivity contribution >= 4 is 5.78 Å². The molecule has 0 saturated heterocycles. The van der Waals surface area contributed by atoms with Crippen LogP contribution in [0.2, 0.25) is 0 Å². The Morgan fingerprint density at radius 3 is 2.78 bits per heavy atom. The molecule has 0 amide bonds. The fraction of sp³-hybridized carbons (Fsp3) is 0.857. The molecular weight excluding hydrogens is 284 g/mol. The molecule has 0 aromatic rings. The summed E-state index contributed by atoms with van der Waals surface area (Å²) in [6.07, 6.45) is 10.9. The minimum absolute atomic E-state index is 0.0477. The van der Waals surface area contributed by atoms with Gasteiger partial charge in [-0.2, -0.15) is 0 Å². The van der Waals surface area contributed by atoms with E-state index in [4.69, 9.17) is 0 Å². The van der Waals surface area contributed by atoms with Gasteiger partial charge in [0.15, 0.2) is 0 Å². The van der Waals surface area contributed by atoms with Gasteiger partial charge < -0.3 is 5.11 Å². The van der Waals surface area contributed by atoms with Gasteiger partial charge in [0.05, 0.1) is 6.61 Å². The highest BCUT2D eigenvalue weighted by Crippen LogP contribution is 2.63. The molecule has 0 aromatic carbocycles. The number of carbonyl (C=O) groups excluding carboxylic acids is 1. The molecule has 4 rings (SSSR count). The average Bonchev–Trinajstić information content (AvgIpc) is 2.90. The van der Waals surface area contributed by atoms with E-state index in [-0.39, 0.29) is 18.3 Å². The molecule has 1 N–H and O–H groups in total. The maximum Gasteiger partial charge on any atom is 0.142 e. The first kappa shape index (κ1) is 15.9. The van der Waals surface area contributed by atoms with Crippen molar-refractivity contribution in [2.24, 2.45) is 35.0 Å². The smallest absolute Gasteiger partial charge is 0.142 e. The van der Waals surface area contributed by atoms with Crippen LogP contribution in [0.25, 0.3) is 0 Å². The van der Waals surface area contributed by atoms with Crippen LogP contribution in [0.3, 0.4) is 0 Å². The quantitative estimate of drug-likeness (QED) is 0.761. The van der Waals surface area contributed by atoms with Gasteiger partial charge in [-0.1, -0.05) is 31.4 Å². The second-order valence-electron chi connectivity index (χ2n) is 9.00. The van der Waals surface area contributed by atoms with E-state index in [1.165, 1.54) is 44.1 Å². The van der Waals surface area contributed by atoms with Crippen molar-refractivity contribution in [1.29, 1.82) is 0 Å². The molecule has 0 aliphatic heterocycles. The minimum atomic E-state index is -0.104. The van der Waals surface area contributed by atoms with Crippen LogP contribution in [-0.2, 0) is 4.79 Å². The number of Topliss-reactive ketones (excluding diaryl/α,β-unsaturated/α-hetero) is 1. The molecule has 0 aromatic heterocycles. The number of allylic oxidation sites excluding steroid dienone is 2. The van der Waals surface area contributed by atoms with Crippen molar-refractivity contribution in [2.75, 3.05) is 6.61 Å². The van der Waals surface area contributed by atoms with E-state index in [0.717, 1.165) is 36.5 Å². The molecule has 2 fully saturated rings. The number of aliphatic hydroxyl groups is 1. The van der Waals surface area contributed by atoms with Crippen LogP contribution in [0.5, 0.6) is 0 Å². The van der Waals surface area contributed by atoms with Crippen LogP contribution >= 0.6 is 0 Å². The van der Waals surface area contributed by atoms with E-state index in [9.17, 15) is 9.90 Å². The number of carbonyl (C=O) groups is 1. The Kier molecular flexibility index (Phi) is 3.95. The molecule has 0 bridgehead atoms. The summed E-state index contributed by atoms with van der Waals surface area (Å²) in [4.78, 5) is 12.2. The summed E-state index contributed by atoms with van der Waals surface area (Å²) in [7, 11) is 0. The number of hydrogen-bond acceptors (Lipinski definition) is 2. The zero-order chi connectivity index (χ0) is 16.2. The van der Waals surface area contributed by atoms with E-state index in [0.29, 0.717) is 11.8 Å². The number of hydrogen-bond donors (Lipinski definition) is 1. The summed E-state index contributed by atoms with van der Waals surface area (Å²) in [5, 5.41) is 9.56. The summed E-state index contributed by atoms with van der Waals surface area (Å²) in [5.74, 6) is 3.61. The van der Waals surface area contributed by atoms with Crippen molar-refractivity contribution in [2.45, 2.75) is 71.6 Å². The Bertz CT molecular complexity index is 534. The predicted molar refractivity (Wildman–Crippen MR) is 91.9 cm³/mol. The molecule has 6 atom stereocenters. The van der Waals surface area contributed by atoms with Crippen molar-refractivity contribution in [3.05, 3.63) is 11.1 Å². The first-order chi connectivity index (χ1) is 11.1. The lowest BCUT2D eigenvalue weighted by Gasteiger charge is -2.52. The number of ketones is 1. The number of rotatable bonds is 2. The lowest BCUT2D eigenvalue weighted by molar-refractivity contribution is -0.124. The van der Waals surface area contributed by atoms with Crippen molar-refractivity contribution < 1.29 is 9.90 Å². The van der Waals surface area contributed by atoms with Crippen molar-refractivity contribution in [3.8, 4) is 0 Å². The Labute approximate surface area is 140 Å². The van der Waals surface area contributed by atoms with Crippen LogP contribution in [0, 0.1) is 35.0 Å². The summed E-state index contributed by atoms with van der Waals surface area (Å²) >= 11 is 0. The van der Waals surface area contributed by atoms with E-state index < -0.39 is 0 Å². The monoisotopic (exact) mass is 316 g/mol. The van der Waals surface area contributed by atoms with Crippen molar-refractivity contribution in [3.63, 3.8) is 0 Å². The standard InChI is InChI=1S/C21H32O2/c1-3-15-5-7-19-17-6-4-13-11-20(23)14(12-22)10-18(13)16(17)8-9-21(15,19)2/h14-17,19,22H,3-12H2,1-2H3/t14?,15-,16-,17+,19-,21+/m0/s1. The van der Waals surface area contributed by atoms with Gasteiger partial charge in [-0.3, -0.25) is 4.79 Å². The third kappa shape index (κ3) is 2.27. The lowest BCUT2D eigenvalue weighted by Crippen LogP contribution is -2.44.